The van der Waals surface area contributed by atoms with E-state index in [1.54, 1.807) is 24.4 Å². The molecule has 1 aromatic heterocycles. The number of hydrogen-bond acceptors (Lipinski definition) is 8. The van der Waals surface area contributed by atoms with Crippen LogP contribution in [0.5, 0.6) is 17.2 Å². The molecule has 2 heterocycles. The van der Waals surface area contributed by atoms with Crippen LogP contribution in [0.15, 0.2) is 42.6 Å². The molecular weight excluding hydrogens is 534 g/mol. The molecule has 0 spiro atoms. The second kappa shape index (κ2) is 12.3. The molecule has 2 aromatic carbocycles. The van der Waals surface area contributed by atoms with Crippen molar-refractivity contribution in [3.05, 3.63) is 59.5 Å². The van der Waals surface area contributed by atoms with Gasteiger partial charge >= 0.3 is 6.18 Å². The van der Waals surface area contributed by atoms with Gasteiger partial charge in [-0.15, -0.1) is 0 Å². The van der Waals surface area contributed by atoms with Crippen molar-refractivity contribution >= 4 is 23.4 Å². The van der Waals surface area contributed by atoms with Gasteiger partial charge in [0.2, 0.25) is 17.6 Å². The average Bonchev–Trinajstić information content (AvgIpc) is 2.94. The van der Waals surface area contributed by atoms with E-state index in [4.69, 9.17) is 14.2 Å². The number of hydrogen-bond donors (Lipinski definition) is 2. The topological polar surface area (TPSA) is 97.8 Å². The molecule has 1 aliphatic rings. The molecule has 0 radical (unpaired) electrons. The lowest BCUT2D eigenvalue weighted by atomic mass is 9.97. The van der Waals surface area contributed by atoms with Crippen LogP contribution in [0.1, 0.15) is 24.0 Å². The van der Waals surface area contributed by atoms with E-state index in [1.807, 2.05) is 4.90 Å². The van der Waals surface area contributed by atoms with Gasteiger partial charge in [-0.2, -0.15) is 18.2 Å². The summed E-state index contributed by atoms with van der Waals surface area (Å²) in [6.45, 7) is 0.975. The van der Waals surface area contributed by atoms with Gasteiger partial charge in [-0.1, -0.05) is 6.07 Å². The Balaban J connectivity index is 1.40. The smallest absolute Gasteiger partial charge is 0.419 e. The third-order valence-electron chi connectivity index (χ3n) is 6.48. The molecule has 2 N–H and O–H groups in total. The third-order valence-corrected chi connectivity index (χ3v) is 6.48. The molecule has 0 aliphatic carbocycles. The Morgan fingerprint density at radius 3 is 2.42 bits per heavy atom. The SMILES string of the molecule is COc1cc(Nc2nccc(N3CCC[C@H](C(=O)NCc4ccc(C(F)(F)F)c(F)c4)C3)n2)cc(OC)c1OC. The van der Waals surface area contributed by atoms with E-state index in [0.717, 1.165) is 18.6 Å². The zero-order chi connectivity index (χ0) is 28.9. The number of aromatic nitrogens is 2. The van der Waals surface area contributed by atoms with Gasteiger partial charge in [0, 0.05) is 43.7 Å². The van der Waals surface area contributed by atoms with Gasteiger partial charge in [-0.25, -0.2) is 9.37 Å². The maximum atomic E-state index is 13.9. The van der Waals surface area contributed by atoms with E-state index in [-0.39, 0.29) is 23.9 Å². The molecule has 3 aromatic rings. The van der Waals surface area contributed by atoms with Crippen molar-refractivity contribution in [1.29, 1.82) is 0 Å². The van der Waals surface area contributed by atoms with E-state index in [0.29, 0.717) is 60.3 Å². The summed E-state index contributed by atoms with van der Waals surface area (Å²) in [7, 11) is 4.55. The van der Waals surface area contributed by atoms with Crippen molar-refractivity contribution < 1.29 is 36.6 Å². The molecule has 1 atom stereocenters. The summed E-state index contributed by atoms with van der Waals surface area (Å²) in [6.07, 6.45) is -1.81. The first-order valence-corrected chi connectivity index (χ1v) is 12.4. The monoisotopic (exact) mass is 563 g/mol. The highest BCUT2D eigenvalue weighted by Crippen LogP contribution is 2.40. The predicted molar refractivity (Wildman–Crippen MR) is 140 cm³/mol. The zero-order valence-corrected chi connectivity index (χ0v) is 22.1. The fraction of sp³-hybridized carbons (Fsp3) is 0.370. The molecule has 0 bridgehead atoms. The molecule has 0 unspecified atom stereocenters. The van der Waals surface area contributed by atoms with Gasteiger partial charge < -0.3 is 29.7 Å². The molecule has 1 aliphatic heterocycles. The van der Waals surface area contributed by atoms with Crippen LogP contribution in [0.2, 0.25) is 0 Å². The van der Waals surface area contributed by atoms with Crippen LogP contribution in [-0.2, 0) is 17.5 Å². The minimum absolute atomic E-state index is 0.0826. The number of anilines is 3. The third kappa shape index (κ3) is 6.64. The van der Waals surface area contributed by atoms with Crippen LogP contribution >= 0.6 is 0 Å². The second-order valence-electron chi connectivity index (χ2n) is 9.09. The van der Waals surface area contributed by atoms with Gasteiger partial charge in [0.25, 0.3) is 0 Å². The highest BCUT2D eigenvalue weighted by Gasteiger charge is 2.34. The Hall–Kier alpha value is -4.29. The summed E-state index contributed by atoms with van der Waals surface area (Å²) in [6, 6.07) is 7.81. The average molecular weight is 564 g/mol. The number of piperidine rings is 1. The first kappa shape index (κ1) is 28.7. The molecule has 1 amide bonds. The van der Waals surface area contributed by atoms with Crippen LogP contribution in [0, 0.1) is 11.7 Å². The van der Waals surface area contributed by atoms with Crippen molar-refractivity contribution in [2.24, 2.45) is 5.92 Å². The fourth-order valence-electron chi connectivity index (χ4n) is 4.50. The van der Waals surface area contributed by atoms with Crippen molar-refractivity contribution in [3.8, 4) is 17.2 Å². The number of halogens is 4. The molecule has 214 valence electrons. The molecule has 1 saturated heterocycles. The predicted octanol–water partition coefficient (Wildman–Crippen LogP) is 4.94. The Kier molecular flexibility index (Phi) is 8.80. The van der Waals surface area contributed by atoms with Gasteiger partial charge in [-0.3, -0.25) is 4.79 Å². The summed E-state index contributed by atoms with van der Waals surface area (Å²) in [5.74, 6) is 0.294. The summed E-state index contributed by atoms with van der Waals surface area (Å²) >= 11 is 0. The molecule has 1 fully saturated rings. The molecule has 40 heavy (non-hydrogen) atoms. The highest BCUT2D eigenvalue weighted by molar-refractivity contribution is 5.79. The quantitative estimate of drug-likeness (QED) is 0.354. The molecule has 0 saturated carbocycles. The number of alkyl halides is 3. The number of rotatable bonds is 9. The number of benzene rings is 2. The van der Waals surface area contributed by atoms with Crippen LogP contribution in [0.3, 0.4) is 0 Å². The number of ether oxygens (including phenoxy) is 3. The lowest BCUT2D eigenvalue weighted by molar-refractivity contribution is -0.140. The lowest BCUT2D eigenvalue weighted by Gasteiger charge is -2.33. The van der Waals surface area contributed by atoms with Crippen molar-refractivity contribution in [2.45, 2.75) is 25.6 Å². The molecular formula is C27H29F4N5O4. The van der Waals surface area contributed by atoms with E-state index < -0.39 is 17.6 Å². The Bertz CT molecular complexity index is 1330. The van der Waals surface area contributed by atoms with Crippen LogP contribution in [0.4, 0.5) is 35.0 Å². The first-order valence-electron chi connectivity index (χ1n) is 12.4. The second-order valence-corrected chi connectivity index (χ2v) is 9.09. The van der Waals surface area contributed by atoms with E-state index >= 15 is 0 Å². The minimum Gasteiger partial charge on any atom is -0.493 e. The van der Waals surface area contributed by atoms with E-state index in [9.17, 15) is 22.4 Å². The maximum Gasteiger partial charge on any atom is 0.419 e. The van der Waals surface area contributed by atoms with Gasteiger partial charge in [-0.05, 0) is 36.6 Å². The van der Waals surface area contributed by atoms with Crippen LogP contribution in [-0.4, -0.2) is 50.3 Å². The number of nitrogens with zero attached hydrogens (tertiary/aromatic N) is 3. The summed E-state index contributed by atoms with van der Waals surface area (Å²) in [4.78, 5) is 23.7. The van der Waals surface area contributed by atoms with Crippen molar-refractivity contribution in [2.75, 3.05) is 44.6 Å². The number of methoxy groups -OCH3 is 3. The maximum absolute atomic E-state index is 13.9. The molecule has 4 rings (SSSR count). The van der Waals surface area contributed by atoms with E-state index in [1.165, 1.54) is 21.3 Å². The summed E-state index contributed by atoms with van der Waals surface area (Å²) in [5, 5.41) is 5.84. The van der Waals surface area contributed by atoms with Crippen LogP contribution in [0.25, 0.3) is 0 Å². The first-order chi connectivity index (χ1) is 19.1. The van der Waals surface area contributed by atoms with Crippen molar-refractivity contribution in [1.82, 2.24) is 15.3 Å². The number of carbonyl (C=O) groups excluding carboxylic acids is 1. The number of nitrogens with one attached hydrogen (secondary N) is 2. The molecule has 9 nitrogen and oxygen atoms in total. The lowest BCUT2D eigenvalue weighted by Crippen LogP contribution is -2.43. The number of amides is 1. The van der Waals surface area contributed by atoms with Gasteiger partial charge in [0.05, 0.1) is 32.8 Å². The zero-order valence-electron chi connectivity index (χ0n) is 22.1. The Morgan fingerprint density at radius 2 is 1.80 bits per heavy atom. The fourth-order valence-corrected chi connectivity index (χ4v) is 4.50. The van der Waals surface area contributed by atoms with Crippen molar-refractivity contribution in [3.63, 3.8) is 0 Å². The standard InChI is InChI=1S/C27H29F4N5O4/c1-38-21-12-18(13-22(39-2)24(21)40-3)34-26-32-9-8-23(35-26)36-10-4-5-17(15-36)25(37)33-14-16-6-7-19(20(28)11-16)27(29,30)31/h6-9,11-13,17H,4-5,10,14-15H2,1-3H3,(H,33,37)(H,32,34,35)/t17-/m0/s1. The molecule has 13 heteroatoms. The summed E-state index contributed by atoms with van der Waals surface area (Å²) < 4.78 is 68.4. The highest BCUT2D eigenvalue weighted by atomic mass is 19.4. The number of carbonyl (C=O) groups is 1. The van der Waals surface area contributed by atoms with E-state index in [2.05, 4.69) is 20.6 Å². The Morgan fingerprint density at radius 1 is 1.07 bits per heavy atom. The van der Waals surface area contributed by atoms with Gasteiger partial charge in [0.1, 0.15) is 11.6 Å². The minimum atomic E-state index is -4.78. The Labute approximate surface area is 228 Å². The largest absolute Gasteiger partial charge is 0.493 e. The van der Waals surface area contributed by atoms with Gasteiger partial charge in [0.15, 0.2) is 11.5 Å². The normalized spacial score (nSPS) is 15.4. The summed E-state index contributed by atoms with van der Waals surface area (Å²) in [5.41, 5.74) is -0.485. The van der Waals surface area contributed by atoms with Crippen LogP contribution < -0.4 is 29.7 Å².